The van der Waals surface area contributed by atoms with Crippen molar-refractivity contribution in [3.63, 3.8) is 0 Å². The van der Waals surface area contributed by atoms with Gasteiger partial charge in [-0.2, -0.15) is 0 Å². The zero-order valence-corrected chi connectivity index (χ0v) is 27.6. The van der Waals surface area contributed by atoms with Crippen LogP contribution in [0.25, 0.3) is 24.3 Å². The van der Waals surface area contributed by atoms with E-state index in [-0.39, 0.29) is 6.61 Å². The highest BCUT2D eigenvalue weighted by Crippen LogP contribution is 2.40. The molecule has 0 radical (unpaired) electrons. The molecule has 0 spiro atoms. The molecule has 9 nitrogen and oxygen atoms in total. The molecular formula is C37H41NO8. The zero-order valence-electron chi connectivity index (χ0n) is 27.6. The Morgan fingerprint density at radius 1 is 0.522 bits per heavy atom. The number of pyridine rings is 1. The fraction of sp³-hybridized carbons (Fsp3) is 0.270. The van der Waals surface area contributed by atoms with Crippen molar-refractivity contribution in [1.29, 1.82) is 0 Å². The maximum absolute atomic E-state index is 6.23. The molecule has 0 saturated carbocycles. The van der Waals surface area contributed by atoms with Crippen molar-refractivity contribution >= 4 is 24.3 Å². The molecule has 0 aliphatic carbocycles. The number of hydrogen-bond donors (Lipinski definition) is 0. The summed E-state index contributed by atoms with van der Waals surface area (Å²) in [5.74, 6) is 4.39. The van der Waals surface area contributed by atoms with E-state index in [1.807, 2.05) is 85.8 Å². The average molecular weight is 628 g/mol. The van der Waals surface area contributed by atoms with Gasteiger partial charge < -0.3 is 37.9 Å². The summed E-state index contributed by atoms with van der Waals surface area (Å²) in [5.41, 5.74) is 6.03. The SMILES string of the molecule is COCc1cc(OC)c(COc2c(OC)cc(C=Cc3cccc(C=Cc4cc(OC)c(C)c(OC)c4)n3)cc2OC)cc1OC. The first-order valence-electron chi connectivity index (χ1n) is 14.5. The third-order valence-corrected chi connectivity index (χ3v) is 7.30. The van der Waals surface area contributed by atoms with Crippen LogP contribution >= 0.6 is 0 Å². The van der Waals surface area contributed by atoms with Gasteiger partial charge >= 0.3 is 0 Å². The Bertz CT molecular complexity index is 1650. The van der Waals surface area contributed by atoms with Gasteiger partial charge in [0.25, 0.3) is 0 Å². The molecule has 46 heavy (non-hydrogen) atoms. The predicted molar refractivity (Wildman–Crippen MR) is 181 cm³/mol. The number of methoxy groups -OCH3 is 7. The molecule has 0 N–H and O–H groups in total. The summed E-state index contributed by atoms with van der Waals surface area (Å²) in [4.78, 5) is 4.77. The Balaban J connectivity index is 1.54. The Labute approximate surface area is 270 Å². The molecule has 4 rings (SSSR count). The van der Waals surface area contributed by atoms with Gasteiger partial charge in [-0.1, -0.05) is 18.2 Å². The summed E-state index contributed by atoms with van der Waals surface area (Å²) in [5, 5.41) is 0. The highest BCUT2D eigenvalue weighted by molar-refractivity contribution is 5.74. The van der Waals surface area contributed by atoms with Gasteiger partial charge in [0.15, 0.2) is 11.5 Å². The Kier molecular flexibility index (Phi) is 11.9. The van der Waals surface area contributed by atoms with Gasteiger partial charge in [-0.3, -0.25) is 0 Å². The van der Waals surface area contributed by atoms with Crippen LogP contribution in [0.3, 0.4) is 0 Å². The number of nitrogens with zero attached hydrogens (tertiary/aromatic N) is 1. The second kappa shape index (κ2) is 16.2. The van der Waals surface area contributed by atoms with Crippen LogP contribution in [0.1, 0.15) is 39.2 Å². The van der Waals surface area contributed by atoms with Crippen LogP contribution in [0.2, 0.25) is 0 Å². The van der Waals surface area contributed by atoms with Gasteiger partial charge in [-0.25, -0.2) is 4.98 Å². The molecule has 0 bridgehead atoms. The number of hydrogen-bond acceptors (Lipinski definition) is 9. The van der Waals surface area contributed by atoms with Gasteiger partial charge in [0.2, 0.25) is 5.75 Å². The molecule has 1 aromatic heterocycles. The van der Waals surface area contributed by atoms with Gasteiger partial charge in [0.1, 0.15) is 29.6 Å². The summed E-state index contributed by atoms with van der Waals surface area (Å²) in [6.45, 7) is 2.56. The van der Waals surface area contributed by atoms with E-state index >= 15 is 0 Å². The van der Waals surface area contributed by atoms with Crippen LogP contribution in [-0.2, 0) is 18.0 Å². The fourth-order valence-electron chi connectivity index (χ4n) is 4.91. The van der Waals surface area contributed by atoms with Crippen molar-refractivity contribution in [2.45, 2.75) is 20.1 Å². The predicted octanol–water partition coefficient (Wildman–Crippen LogP) is 7.51. The van der Waals surface area contributed by atoms with Crippen LogP contribution in [0.5, 0.6) is 40.2 Å². The second-order valence-electron chi connectivity index (χ2n) is 10.2. The van der Waals surface area contributed by atoms with E-state index < -0.39 is 0 Å². The van der Waals surface area contributed by atoms with E-state index in [1.54, 1.807) is 49.8 Å². The highest BCUT2D eigenvalue weighted by Gasteiger charge is 2.17. The minimum Gasteiger partial charge on any atom is -0.496 e. The van der Waals surface area contributed by atoms with Crippen molar-refractivity contribution < 1.29 is 37.9 Å². The van der Waals surface area contributed by atoms with Gasteiger partial charge in [-0.05, 0) is 78.7 Å². The molecule has 0 aliphatic rings. The summed E-state index contributed by atoms with van der Waals surface area (Å²) in [6.07, 6.45) is 7.81. The average Bonchev–Trinajstić information content (AvgIpc) is 3.09. The van der Waals surface area contributed by atoms with Gasteiger partial charge in [-0.15, -0.1) is 0 Å². The van der Waals surface area contributed by atoms with Crippen molar-refractivity contribution in [3.05, 3.63) is 93.8 Å². The lowest BCUT2D eigenvalue weighted by molar-refractivity contribution is 0.181. The molecule has 0 fully saturated rings. The number of aromatic nitrogens is 1. The normalized spacial score (nSPS) is 11.1. The molecule has 1 heterocycles. The number of ether oxygens (including phenoxy) is 8. The largest absolute Gasteiger partial charge is 0.496 e. The van der Waals surface area contributed by atoms with Crippen LogP contribution in [-0.4, -0.2) is 54.8 Å². The smallest absolute Gasteiger partial charge is 0.203 e. The lowest BCUT2D eigenvalue weighted by atomic mass is 10.1. The Hall–Kier alpha value is -5.15. The number of benzene rings is 3. The van der Waals surface area contributed by atoms with Gasteiger partial charge in [0, 0.05) is 23.8 Å². The molecular weight excluding hydrogens is 586 g/mol. The quantitative estimate of drug-likeness (QED) is 0.133. The highest BCUT2D eigenvalue weighted by atomic mass is 16.5. The van der Waals surface area contributed by atoms with E-state index in [4.69, 9.17) is 42.9 Å². The van der Waals surface area contributed by atoms with Crippen molar-refractivity contribution in [1.82, 2.24) is 4.98 Å². The maximum atomic E-state index is 6.23. The molecule has 0 saturated heterocycles. The van der Waals surface area contributed by atoms with E-state index in [2.05, 4.69) is 0 Å². The first-order chi connectivity index (χ1) is 22.4. The summed E-state index contributed by atoms with van der Waals surface area (Å²) in [6, 6.07) is 17.3. The van der Waals surface area contributed by atoms with E-state index in [0.717, 1.165) is 50.7 Å². The van der Waals surface area contributed by atoms with Crippen molar-refractivity contribution in [2.75, 3.05) is 49.8 Å². The van der Waals surface area contributed by atoms with Crippen LogP contribution in [0, 0.1) is 6.92 Å². The minimum atomic E-state index is 0.196. The fourth-order valence-corrected chi connectivity index (χ4v) is 4.91. The van der Waals surface area contributed by atoms with E-state index in [0.29, 0.717) is 35.4 Å². The molecule has 0 amide bonds. The monoisotopic (exact) mass is 627 g/mol. The summed E-state index contributed by atoms with van der Waals surface area (Å²) >= 11 is 0. The van der Waals surface area contributed by atoms with Crippen LogP contribution in [0.15, 0.2) is 54.6 Å². The summed E-state index contributed by atoms with van der Waals surface area (Å²) < 4.78 is 45.1. The number of rotatable bonds is 15. The molecule has 242 valence electrons. The Morgan fingerprint density at radius 3 is 1.39 bits per heavy atom. The first kappa shape index (κ1) is 33.7. The first-order valence-corrected chi connectivity index (χ1v) is 14.5. The summed E-state index contributed by atoms with van der Waals surface area (Å²) in [7, 11) is 11.4. The van der Waals surface area contributed by atoms with Crippen LogP contribution in [0.4, 0.5) is 0 Å². The molecule has 3 aromatic carbocycles. The van der Waals surface area contributed by atoms with Crippen molar-refractivity contribution in [3.8, 4) is 40.2 Å². The molecule has 0 unspecified atom stereocenters. The van der Waals surface area contributed by atoms with Crippen molar-refractivity contribution in [2.24, 2.45) is 0 Å². The van der Waals surface area contributed by atoms with Gasteiger partial charge in [0.05, 0.1) is 60.7 Å². The molecule has 0 atom stereocenters. The van der Waals surface area contributed by atoms with Crippen LogP contribution < -0.4 is 33.2 Å². The second-order valence-corrected chi connectivity index (χ2v) is 10.2. The maximum Gasteiger partial charge on any atom is 0.203 e. The molecule has 4 aromatic rings. The lowest BCUT2D eigenvalue weighted by Gasteiger charge is -2.18. The Morgan fingerprint density at radius 2 is 0.957 bits per heavy atom. The molecule has 9 heteroatoms. The van der Waals surface area contributed by atoms with E-state index in [1.165, 1.54) is 0 Å². The molecule has 0 aliphatic heterocycles. The minimum absolute atomic E-state index is 0.196. The standard InChI is InChI=1S/C37H41NO8/c1-24-31(40-3)16-25(17-32(24)41-4)12-14-29-10-9-11-30(38-29)15-13-26-18-35(44-7)37(36(19-26)45-8)46-23-28-21-33(42-5)27(22-39-2)20-34(28)43-6/h9-21H,22-23H2,1-8H3. The third-order valence-electron chi connectivity index (χ3n) is 7.30. The topological polar surface area (TPSA) is 86.7 Å². The lowest BCUT2D eigenvalue weighted by Crippen LogP contribution is -2.04. The van der Waals surface area contributed by atoms with E-state index in [9.17, 15) is 0 Å². The zero-order chi connectivity index (χ0) is 33.1. The third kappa shape index (κ3) is 8.11.